The van der Waals surface area contributed by atoms with Gasteiger partial charge in [0.15, 0.2) is 0 Å². The highest BCUT2D eigenvalue weighted by molar-refractivity contribution is 6.77. The molecule has 19 heavy (non-hydrogen) atoms. The molecule has 0 radical (unpaired) electrons. The zero-order valence-electron chi connectivity index (χ0n) is 13.4. The molecule has 0 aromatic carbocycles. The first-order chi connectivity index (χ1) is 8.84. The van der Waals surface area contributed by atoms with Crippen molar-refractivity contribution in [2.24, 2.45) is 5.92 Å². The average molecular weight is 280 g/mol. The van der Waals surface area contributed by atoms with Crippen LogP contribution in [0.15, 0.2) is 11.8 Å². The van der Waals surface area contributed by atoms with E-state index < -0.39 is 8.32 Å². The van der Waals surface area contributed by atoms with Crippen LogP contribution in [0, 0.1) is 17.2 Å². The monoisotopic (exact) mass is 279 g/mol. The van der Waals surface area contributed by atoms with Crippen LogP contribution in [0.3, 0.4) is 0 Å². The highest BCUT2D eigenvalue weighted by atomic mass is 28.4. The van der Waals surface area contributed by atoms with Gasteiger partial charge in [-0.3, -0.25) is 0 Å². The molecule has 0 bridgehead atoms. The zero-order valence-corrected chi connectivity index (χ0v) is 14.4. The maximum Gasteiger partial charge on any atom is 0.258 e. The van der Waals surface area contributed by atoms with Gasteiger partial charge >= 0.3 is 0 Å². The van der Waals surface area contributed by atoms with E-state index in [0.29, 0.717) is 16.6 Å². The number of nitrogens with zero attached hydrogens (tertiary/aromatic N) is 1. The summed E-state index contributed by atoms with van der Waals surface area (Å²) in [5, 5.41) is 9.10. The molecule has 108 valence electrons. The summed E-state index contributed by atoms with van der Waals surface area (Å²) in [6, 6.07) is 2.37. The van der Waals surface area contributed by atoms with Crippen LogP contribution in [0.4, 0.5) is 0 Å². The van der Waals surface area contributed by atoms with E-state index in [-0.39, 0.29) is 5.92 Å². The highest BCUT2D eigenvalue weighted by Crippen LogP contribution is 2.44. The lowest BCUT2D eigenvalue weighted by Gasteiger charge is -2.43. The Hall–Kier alpha value is -0.753. The van der Waals surface area contributed by atoms with E-state index in [1.54, 1.807) is 0 Å². The Labute approximate surface area is 120 Å². The third kappa shape index (κ3) is 3.42. The van der Waals surface area contributed by atoms with Crippen molar-refractivity contribution in [3.63, 3.8) is 0 Å². The number of hydrogen-bond acceptors (Lipinski definition) is 2. The molecule has 1 aliphatic carbocycles. The van der Waals surface area contributed by atoms with Crippen LogP contribution >= 0.6 is 0 Å². The molecule has 0 fully saturated rings. The van der Waals surface area contributed by atoms with Gasteiger partial charge in [0.1, 0.15) is 0 Å². The quantitative estimate of drug-likeness (QED) is 0.632. The van der Waals surface area contributed by atoms with Crippen LogP contribution in [0.5, 0.6) is 0 Å². The maximum absolute atomic E-state index is 9.10. The summed E-state index contributed by atoms with van der Waals surface area (Å²) in [7, 11) is -1.84. The second kappa shape index (κ2) is 6.61. The Morgan fingerprint density at radius 2 is 1.68 bits per heavy atom. The van der Waals surface area contributed by atoms with Gasteiger partial charge < -0.3 is 4.43 Å². The molecule has 0 saturated carbocycles. The van der Waals surface area contributed by atoms with Gasteiger partial charge in [-0.15, -0.1) is 0 Å². The Kier molecular flexibility index (Phi) is 5.67. The third-order valence-corrected chi connectivity index (χ3v) is 10.5. The molecule has 1 rings (SSSR count). The van der Waals surface area contributed by atoms with Gasteiger partial charge in [-0.2, -0.15) is 5.26 Å². The molecule has 0 aromatic rings. The van der Waals surface area contributed by atoms with Crippen molar-refractivity contribution < 1.29 is 4.43 Å². The molecule has 0 N–H and O–H groups in total. The number of rotatable bonds is 5. The third-order valence-electron chi connectivity index (χ3n) is 4.51. The Morgan fingerprint density at radius 1 is 1.16 bits per heavy atom. The topological polar surface area (TPSA) is 33.0 Å². The Bertz CT molecular complexity index is 344. The minimum atomic E-state index is -1.84. The van der Waals surface area contributed by atoms with E-state index in [1.165, 1.54) is 0 Å². The van der Waals surface area contributed by atoms with Crippen LogP contribution in [0.25, 0.3) is 0 Å². The lowest BCUT2D eigenvalue weighted by atomic mass is 9.96. The van der Waals surface area contributed by atoms with Gasteiger partial charge in [0.05, 0.1) is 17.7 Å². The predicted molar refractivity (Wildman–Crippen MR) is 83.2 cm³/mol. The predicted octanol–water partition coefficient (Wildman–Crippen LogP) is 5.39. The largest absolute Gasteiger partial charge is 0.546 e. The summed E-state index contributed by atoms with van der Waals surface area (Å²) in [5.74, 6) is 1.16. The Balaban J connectivity index is 3.02. The molecule has 0 heterocycles. The summed E-state index contributed by atoms with van der Waals surface area (Å²) in [5.41, 5.74) is 1.78. The normalized spacial score (nSPS) is 20.6. The smallest absolute Gasteiger partial charge is 0.258 e. The fourth-order valence-corrected chi connectivity index (χ4v) is 8.99. The van der Waals surface area contributed by atoms with Gasteiger partial charge in [0.25, 0.3) is 8.32 Å². The molecular weight excluding hydrogens is 250 g/mol. The fraction of sp³-hybridized carbons (Fsp3) is 0.812. The molecule has 0 saturated heterocycles. The molecule has 1 unspecified atom stereocenters. The molecule has 0 spiro atoms. The number of allylic oxidation sites excluding steroid dienone is 2. The second-order valence-corrected chi connectivity index (χ2v) is 12.1. The lowest BCUT2D eigenvalue weighted by Crippen LogP contribution is -2.47. The summed E-state index contributed by atoms with van der Waals surface area (Å²) >= 11 is 0. The van der Waals surface area contributed by atoms with Gasteiger partial charge in [-0.1, -0.05) is 41.5 Å². The van der Waals surface area contributed by atoms with E-state index in [2.05, 4.69) is 53.7 Å². The first-order valence-corrected chi connectivity index (χ1v) is 9.77. The minimum absolute atomic E-state index is 0.0573. The van der Waals surface area contributed by atoms with Crippen molar-refractivity contribution >= 4 is 8.32 Å². The van der Waals surface area contributed by atoms with Gasteiger partial charge in [-0.25, -0.2) is 0 Å². The fourth-order valence-electron chi connectivity index (χ4n) is 3.65. The van der Waals surface area contributed by atoms with E-state index in [4.69, 9.17) is 9.69 Å². The molecule has 3 heteroatoms. The van der Waals surface area contributed by atoms with Crippen LogP contribution in [-0.4, -0.2) is 8.32 Å². The molecule has 1 atom stereocenters. The number of hydrogen-bond donors (Lipinski definition) is 0. The Morgan fingerprint density at radius 3 is 2.11 bits per heavy atom. The highest BCUT2D eigenvalue weighted by Gasteiger charge is 2.47. The van der Waals surface area contributed by atoms with Crippen molar-refractivity contribution in [1.29, 1.82) is 5.26 Å². The van der Waals surface area contributed by atoms with Crippen molar-refractivity contribution in [1.82, 2.24) is 0 Å². The van der Waals surface area contributed by atoms with Crippen molar-refractivity contribution in [3.05, 3.63) is 11.8 Å². The van der Waals surface area contributed by atoms with Crippen molar-refractivity contribution in [3.8, 4) is 6.07 Å². The first-order valence-electron chi connectivity index (χ1n) is 7.63. The van der Waals surface area contributed by atoms with Gasteiger partial charge in [0.2, 0.25) is 0 Å². The maximum atomic E-state index is 9.10. The summed E-state index contributed by atoms with van der Waals surface area (Å²) in [6.07, 6.45) is 5.17. The van der Waals surface area contributed by atoms with Crippen LogP contribution < -0.4 is 0 Å². The van der Waals surface area contributed by atoms with Crippen LogP contribution in [0.1, 0.15) is 60.8 Å². The molecule has 1 aliphatic rings. The van der Waals surface area contributed by atoms with Crippen LogP contribution in [0.2, 0.25) is 16.6 Å². The van der Waals surface area contributed by atoms with Crippen molar-refractivity contribution in [2.75, 3.05) is 0 Å². The second-order valence-electron chi connectivity index (χ2n) is 6.68. The first kappa shape index (κ1) is 16.3. The summed E-state index contributed by atoms with van der Waals surface area (Å²) in [6.45, 7) is 13.8. The van der Waals surface area contributed by atoms with Crippen LogP contribution in [-0.2, 0) is 4.43 Å². The molecule has 2 nitrogen and oxygen atoms in total. The van der Waals surface area contributed by atoms with E-state index >= 15 is 0 Å². The van der Waals surface area contributed by atoms with E-state index in [9.17, 15) is 0 Å². The van der Waals surface area contributed by atoms with Gasteiger partial charge in [-0.05, 0) is 35.5 Å². The van der Waals surface area contributed by atoms with Crippen molar-refractivity contribution in [2.45, 2.75) is 77.4 Å². The van der Waals surface area contributed by atoms with E-state index in [0.717, 1.165) is 25.0 Å². The summed E-state index contributed by atoms with van der Waals surface area (Å²) < 4.78 is 6.64. The average Bonchev–Trinajstić information content (AvgIpc) is 2.34. The van der Waals surface area contributed by atoms with E-state index in [1.807, 2.05) is 0 Å². The SMILES string of the molecule is CC(C)[Si](OC1=CC(C#N)CCC1)(C(C)C)C(C)C. The molecule has 0 aromatic heterocycles. The summed E-state index contributed by atoms with van der Waals surface area (Å²) in [4.78, 5) is 0. The molecular formula is C16H29NOSi. The molecule has 0 aliphatic heterocycles. The minimum Gasteiger partial charge on any atom is -0.546 e. The van der Waals surface area contributed by atoms with Gasteiger partial charge in [0, 0.05) is 6.42 Å². The standard InChI is InChI=1S/C16H29NOSi/c1-12(2)19(13(3)4,14(5)6)18-16-9-7-8-15(10-16)11-17/h10,12-15H,7-9H2,1-6H3. The number of nitriles is 1. The lowest BCUT2D eigenvalue weighted by molar-refractivity contribution is 0.334. The zero-order chi connectivity index (χ0) is 14.6. The molecule has 0 amide bonds.